The van der Waals surface area contributed by atoms with Crippen molar-refractivity contribution in [1.29, 1.82) is 0 Å². The molecule has 0 atom stereocenters. The van der Waals surface area contributed by atoms with Crippen molar-refractivity contribution in [2.75, 3.05) is 7.11 Å². The van der Waals surface area contributed by atoms with Gasteiger partial charge in [0.1, 0.15) is 5.75 Å². The smallest absolute Gasteiger partial charge is 0.273 e. The Kier molecular flexibility index (Phi) is 4.37. The molecule has 3 heterocycles. The molecule has 6 heteroatoms. The van der Waals surface area contributed by atoms with Gasteiger partial charge in [-0.1, -0.05) is 30.3 Å². The highest BCUT2D eigenvalue weighted by Gasteiger charge is 2.18. The maximum Gasteiger partial charge on any atom is 0.273 e. The summed E-state index contributed by atoms with van der Waals surface area (Å²) in [6.45, 7) is 0. The summed E-state index contributed by atoms with van der Waals surface area (Å²) in [5.74, 6) is 0.780. The van der Waals surface area contributed by atoms with Crippen LogP contribution in [0.25, 0.3) is 44.5 Å². The largest absolute Gasteiger partial charge is 0.497 e. The van der Waals surface area contributed by atoms with E-state index in [-0.39, 0.29) is 5.56 Å². The van der Waals surface area contributed by atoms with E-state index < -0.39 is 0 Å². The number of para-hydroxylation sites is 1. The molecule has 0 radical (unpaired) electrons. The first kappa shape index (κ1) is 17.9. The number of pyridine rings is 1. The van der Waals surface area contributed by atoms with Crippen LogP contribution in [0.15, 0.2) is 83.9 Å². The van der Waals surface area contributed by atoms with Crippen LogP contribution in [-0.2, 0) is 0 Å². The van der Waals surface area contributed by atoms with Gasteiger partial charge in [-0.15, -0.1) is 0 Å². The van der Waals surface area contributed by atoms with Gasteiger partial charge in [0.25, 0.3) is 5.56 Å². The van der Waals surface area contributed by atoms with Gasteiger partial charge in [-0.25, -0.2) is 5.10 Å². The number of aromatic amines is 2. The summed E-state index contributed by atoms with van der Waals surface area (Å²) in [5.41, 5.74) is 5.49. The Balaban J connectivity index is 1.76. The molecule has 0 aliphatic carbocycles. The third-order valence-corrected chi connectivity index (χ3v) is 5.13. The molecule has 2 aromatic carbocycles. The molecule has 6 nitrogen and oxygen atoms in total. The molecular formula is C24H18N4O2. The number of aromatic nitrogens is 4. The molecule has 0 spiro atoms. The summed E-state index contributed by atoms with van der Waals surface area (Å²) < 4.78 is 5.30. The van der Waals surface area contributed by atoms with Crippen LogP contribution in [0.1, 0.15) is 0 Å². The second-order valence-corrected chi connectivity index (χ2v) is 6.88. The van der Waals surface area contributed by atoms with Crippen LogP contribution >= 0.6 is 0 Å². The molecule has 2 N–H and O–H groups in total. The minimum Gasteiger partial charge on any atom is -0.497 e. The molecule has 0 aliphatic heterocycles. The topological polar surface area (TPSA) is 83.7 Å². The van der Waals surface area contributed by atoms with E-state index in [0.717, 1.165) is 39.0 Å². The second-order valence-electron chi connectivity index (χ2n) is 6.88. The lowest BCUT2D eigenvalue weighted by molar-refractivity contribution is 0.415. The van der Waals surface area contributed by atoms with Gasteiger partial charge in [-0.05, 0) is 42.0 Å². The van der Waals surface area contributed by atoms with E-state index in [1.165, 1.54) is 0 Å². The number of fused-ring (bicyclic) bond motifs is 1. The number of methoxy groups -OCH3 is 1. The molecule has 0 fully saturated rings. The first-order chi connectivity index (χ1) is 14.7. The Morgan fingerprint density at radius 2 is 1.67 bits per heavy atom. The van der Waals surface area contributed by atoms with Gasteiger partial charge in [-0.3, -0.25) is 9.78 Å². The summed E-state index contributed by atoms with van der Waals surface area (Å²) in [7, 11) is 1.64. The van der Waals surface area contributed by atoms with Crippen LogP contribution in [-0.4, -0.2) is 27.3 Å². The average molecular weight is 394 g/mol. The zero-order valence-corrected chi connectivity index (χ0v) is 16.2. The fourth-order valence-electron chi connectivity index (χ4n) is 3.66. The van der Waals surface area contributed by atoms with Crippen molar-refractivity contribution in [3.8, 4) is 39.4 Å². The molecule has 0 aliphatic rings. The maximum atomic E-state index is 12.8. The molecule has 3 aromatic heterocycles. The van der Waals surface area contributed by atoms with Gasteiger partial charge in [0.2, 0.25) is 0 Å². The van der Waals surface area contributed by atoms with Gasteiger partial charge in [-0.2, -0.15) is 5.10 Å². The summed E-state index contributed by atoms with van der Waals surface area (Å²) in [4.78, 5) is 20.3. The second kappa shape index (κ2) is 7.33. The highest BCUT2D eigenvalue weighted by molar-refractivity contribution is 6.03. The molecule has 146 valence electrons. The Bertz CT molecular complexity index is 1390. The number of rotatable bonds is 4. The first-order valence-corrected chi connectivity index (χ1v) is 9.50. The van der Waals surface area contributed by atoms with Gasteiger partial charge in [0.15, 0.2) is 0 Å². The van der Waals surface area contributed by atoms with Crippen molar-refractivity contribution < 1.29 is 4.74 Å². The fourth-order valence-corrected chi connectivity index (χ4v) is 3.66. The fraction of sp³-hybridized carbons (Fsp3) is 0.0417. The van der Waals surface area contributed by atoms with E-state index in [4.69, 9.17) is 4.74 Å². The number of benzene rings is 2. The number of hydrogen-bond donors (Lipinski definition) is 2. The Labute approximate surface area is 172 Å². The monoisotopic (exact) mass is 394 g/mol. The summed E-state index contributed by atoms with van der Waals surface area (Å²) in [5, 5.41) is 7.90. The molecule has 5 rings (SSSR count). The van der Waals surface area contributed by atoms with E-state index in [2.05, 4.69) is 20.2 Å². The van der Waals surface area contributed by atoms with Crippen LogP contribution in [0.5, 0.6) is 5.75 Å². The lowest BCUT2D eigenvalue weighted by Gasteiger charge is -2.08. The highest BCUT2D eigenvalue weighted by atomic mass is 16.5. The predicted octanol–water partition coefficient (Wildman–Crippen LogP) is 4.66. The summed E-state index contributed by atoms with van der Waals surface area (Å²) in [6, 6.07) is 21.4. The van der Waals surface area contributed by atoms with Crippen molar-refractivity contribution in [2.24, 2.45) is 0 Å². The number of nitrogens with zero attached hydrogens (tertiary/aromatic N) is 2. The molecule has 0 saturated carbocycles. The summed E-state index contributed by atoms with van der Waals surface area (Å²) in [6.07, 6.45) is 3.40. The predicted molar refractivity (Wildman–Crippen MR) is 117 cm³/mol. The van der Waals surface area contributed by atoms with Gasteiger partial charge in [0.05, 0.1) is 24.1 Å². The number of nitrogens with one attached hydrogen (secondary N) is 2. The number of ether oxygens (including phenoxy) is 1. The normalized spacial score (nSPS) is 11.0. The van der Waals surface area contributed by atoms with E-state index >= 15 is 0 Å². The van der Waals surface area contributed by atoms with E-state index in [9.17, 15) is 4.79 Å². The Morgan fingerprint density at radius 1 is 0.900 bits per heavy atom. The van der Waals surface area contributed by atoms with Crippen molar-refractivity contribution >= 4 is 10.9 Å². The lowest BCUT2D eigenvalue weighted by Crippen LogP contribution is -2.12. The molecule has 0 amide bonds. The number of hydrogen-bond acceptors (Lipinski definition) is 4. The van der Waals surface area contributed by atoms with Crippen LogP contribution < -0.4 is 10.3 Å². The minimum absolute atomic E-state index is 0.255. The van der Waals surface area contributed by atoms with E-state index in [1.807, 2.05) is 66.7 Å². The SMILES string of the molecule is COc1ccc(-c2c(-c3cc(-c4ccncc4)n[nH]c3=O)[nH]c3ccccc23)cc1. The first-order valence-electron chi connectivity index (χ1n) is 9.50. The molecule has 0 bridgehead atoms. The van der Waals surface area contributed by atoms with E-state index in [1.54, 1.807) is 19.5 Å². The van der Waals surface area contributed by atoms with Gasteiger partial charge in [0, 0.05) is 34.4 Å². The van der Waals surface area contributed by atoms with Crippen molar-refractivity contribution in [2.45, 2.75) is 0 Å². The molecule has 0 saturated heterocycles. The Morgan fingerprint density at radius 3 is 2.43 bits per heavy atom. The Hall–Kier alpha value is -4.19. The zero-order valence-electron chi connectivity index (χ0n) is 16.2. The lowest BCUT2D eigenvalue weighted by atomic mass is 9.98. The quantitative estimate of drug-likeness (QED) is 0.464. The van der Waals surface area contributed by atoms with Crippen LogP contribution in [0, 0.1) is 0 Å². The molecule has 30 heavy (non-hydrogen) atoms. The van der Waals surface area contributed by atoms with Crippen molar-refractivity contribution in [1.82, 2.24) is 20.2 Å². The van der Waals surface area contributed by atoms with Crippen molar-refractivity contribution in [3.63, 3.8) is 0 Å². The van der Waals surface area contributed by atoms with Crippen LogP contribution in [0.4, 0.5) is 0 Å². The van der Waals surface area contributed by atoms with Gasteiger partial charge < -0.3 is 9.72 Å². The third-order valence-electron chi connectivity index (χ3n) is 5.13. The molecule has 5 aromatic rings. The standard InChI is InChI=1S/C24H18N4O2/c1-30-17-8-6-16(7-9-17)22-18-4-2-3-5-20(18)26-23(22)19-14-21(27-28-24(19)29)15-10-12-25-13-11-15/h2-14,26H,1H3,(H,28,29). The third kappa shape index (κ3) is 3.04. The van der Waals surface area contributed by atoms with E-state index in [0.29, 0.717) is 11.3 Å². The highest BCUT2D eigenvalue weighted by Crippen LogP contribution is 2.38. The van der Waals surface area contributed by atoms with Gasteiger partial charge >= 0.3 is 0 Å². The number of H-pyrrole nitrogens is 2. The zero-order chi connectivity index (χ0) is 20.5. The van der Waals surface area contributed by atoms with Crippen LogP contribution in [0.3, 0.4) is 0 Å². The molecule has 0 unspecified atom stereocenters. The maximum absolute atomic E-state index is 12.8. The molecular weight excluding hydrogens is 376 g/mol. The summed E-state index contributed by atoms with van der Waals surface area (Å²) >= 11 is 0. The minimum atomic E-state index is -0.255. The van der Waals surface area contributed by atoms with Crippen molar-refractivity contribution in [3.05, 3.63) is 89.5 Å². The average Bonchev–Trinajstić information content (AvgIpc) is 3.19. The van der Waals surface area contributed by atoms with Crippen LogP contribution in [0.2, 0.25) is 0 Å².